The van der Waals surface area contributed by atoms with Crippen LogP contribution in [0, 0.1) is 11.8 Å². The van der Waals surface area contributed by atoms with Gasteiger partial charge in [0.15, 0.2) is 12.4 Å². The summed E-state index contributed by atoms with van der Waals surface area (Å²) in [7, 11) is 1.96. The number of likely N-dealkylation sites (N-methyl/N-ethyl adjacent to an activating group) is 1. The maximum absolute atomic E-state index is 12.2. The first-order chi connectivity index (χ1) is 10.8. The van der Waals surface area contributed by atoms with E-state index >= 15 is 0 Å². The van der Waals surface area contributed by atoms with Crippen LogP contribution in [0.4, 0.5) is 5.69 Å². The molecule has 1 fully saturated rings. The number of carbonyl (C=O) groups is 2. The van der Waals surface area contributed by atoms with Gasteiger partial charge in [-0.15, -0.1) is 0 Å². The second-order valence-corrected chi connectivity index (χ2v) is 7.12. The number of carbonyl (C=O) groups excluding carboxylic acids is 2. The number of esters is 1. The smallest absolute Gasteiger partial charge is 0.309 e. The summed E-state index contributed by atoms with van der Waals surface area (Å²) in [6.07, 6.45) is 2.49. The maximum atomic E-state index is 12.2. The second-order valence-electron chi connectivity index (χ2n) is 7.12. The average molecular weight is 313 g/mol. The van der Waals surface area contributed by atoms with Crippen molar-refractivity contribution in [1.82, 2.24) is 0 Å². The number of allylic oxidation sites excluding steroid dienone is 1. The predicted molar refractivity (Wildman–Crippen MR) is 89.2 cm³/mol. The molecule has 122 valence electrons. The van der Waals surface area contributed by atoms with E-state index in [0.717, 1.165) is 17.8 Å². The lowest BCUT2D eigenvalue weighted by Gasteiger charge is -2.23. The van der Waals surface area contributed by atoms with Crippen LogP contribution in [0.5, 0.6) is 0 Å². The fraction of sp³-hybridized carbons (Fsp3) is 0.474. The number of ether oxygens (including phenoxy) is 1. The predicted octanol–water partition coefficient (Wildman–Crippen LogP) is 3.07. The first-order valence-corrected chi connectivity index (χ1v) is 8.07. The molecular weight excluding hydrogens is 290 g/mol. The SMILES string of the molecule is CC1CC1C(=O)OCC(=O)/C=C1\N(C)c2ccccc2C1(C)C. The van der Waals surface area contributed by atoms with Crippen molar-refractivity contribution < 1.29 is 14.3 Å². The molecule has 0 amide bonds. The second kappa shape index (κ2) is 5.52. The van der Waals surface area contributed by atoms with E-state index in [1.807, 2.05) is 31.0 Å². The molecule has 2 unspecified atom stereocenters. The van der Waals surface area contributed by atoms with Crippen LogP contribution >= 0.6 is 0 Å². The van der Waals surface area contributed by atoms with Crippen LogP contribution in [0.3, 0.4) is 0 Å². The lowest BCUT2D eigenvalue weighted by molar-refractivity contribution is -0.148. The molecule has 1 aromatic carbocycles. The highest BCUT2D eigenvalue weighted by atomic mass is 16.5. The Labute approximate surface area is 137 Å². The fourth-order valence-corrected chi connectivity index (χ4v) is 3.35. The van der Waals surface area contributed by atoms with E-state index in [0.29, 0.717) is 5.92 Å². The van der Waals surface area contributed by atoms with Crippen LogP contribution in [0.1, 0.15) is 32.8 Å². The molecule has 0 saturated heterocycles. The molecule has 0 radical (unpaired) electrons. The van der Waals surface area contributed by atoms with Crippen molar-refractivity contribution in [2.45, 2.75) is 32.6 Å². The molecule has 0 bridgehead atoms. The molecule has 0 aromatic heterocycles. The van der Waals surface area contributed by atoms with E-state index in [9.17, 15) is 9.59 Å². The normalized spacial score (nSPS) is 26.1. The van der Waals surface area contributed by atoms with Crippen molar-refractivity contribution in [2.24, 2.45) is 11.8 Å². The van der Waals surface area contributed by atoms with Gasteiger partial charge in [-0.3, -0.25) is 9.59 Å². The van der Waals surface area contributed by atoms with Crippen molar-refractivity contribution in [3.05, 3.63) is 41.6 Å². The molecule has 1 aromatic rings. The number of hydrogen-bond acceptors (Lipinski definition) is 4. The number of anilines is 1. The minimum atomic E-state index is -0.244. The van der Waals surface area contributed by atoms with Gasteiger partial charge in [0.05, 0.1) is 5.92 Å². The van der Waals surface area contributed by atoms with Crippen LogP contribution < -0.4 is 4.90 Å². The first kappa shape index (κ1) is 15.8. The van der Waals surface area contributed by atoms with Crippen LogP contribution in [0.15, 0.2) is 36.0 Å². The highest BCUT2D eigenvalue weighted by Gasteiger charge is 2.41. The molecule has 4 nitrogen and oxygen atoms in total. The van der Waals surface area contributed by atoms with Gasteiger partial charge in [-0.05, 0) is 24.0 Å². The quantitative estimate of drug-likeness (QED) is 0.633. The van der Waals surface area contributed by atoms with Gasteiger partial charge < -0.3 is 9.64 Å². The molecule has 2 aliphatic rings. The Morgan fingerprint density at radius 3 is 2.61 bits per heavy atom. The lowest BCUT2D eigenvalue weighted by atomic mass is 9.83. The molecule has 1 aliphatic carbocycles. The standard InChI is InChI=1S/C19H23NO3/c1-12-9-14(12)18(22)23-11-13(21)10-17-19(2,3)15-7-5-6-8-16(15)20(17)4/h5-8,10,12,14H,9,11H2,1-4H3/b17-10-. The molecule has 1 heterocycles. The number of ketones is 1. The van der Waals surface area contributed by atoms with E-state index in [1.54, 1.807) is 6.08 Å². The number of hydrogen-bond donors (Lipinski definition) is 0. The molecule has 0 spiro atoms. The largest absolute Gasteiger partial charge is 0.457 e. The Kier molecular flexibility index (Phi) is 3.78. The van der Waals surface area contributed by atoms with E-state index in [-0.39, 0.29) is 29.7 Å². The van der Waals surface area contributed by atoms with Crippen LogP contribution in [-0.4, -0.2) is 25.4 Å². The fourth-order valence-electron chi connectivity index (χ4n) is 3.35. The van der Waals surface area contributed by atoms with Gasteiger partial charge in [-0.2, -0.15) is 0 Å². The zero-order chi connectivity index (χ0) is 16.8. The summed E-state index contributed by atoms with van der Waals surface area (Å²) in [5.41, 5.74) is 3.00. The Morgan fingerprint density at radius 1 is 1.35 bits per heavy atom. The zero-order valence-electron chi connectivity index (χ0n) is 14.1. The van der Waals surface area contributed by atoms with E-state index in [1.165, 1.54) is 5.56 Å². The summed E-state index contributed by atoms with van der Waals surface area (Å²) >= 11 is 0. The molecule has 2 atom stereocenters. The number of nitrogens with zero attached hydrogens (tertiary/aromatic N) is 1. The van der Waals surface area contributed by atoms with Gasteiger partial charge in [0.1, 0.15) is 0 Å². The van der Waals surface area contributed by atoms with Gasteiger partial charge in [0, 0.05) is 29.9 Å². The summed E-state index contributed by atoms with van der Waals surface area (Å²) in [6.45, 7) is 6.05. The third-order valence-electron chi connectivity index (χ3n) is 5.01. The Balaban J connectivity index is 1.72. The van der Waals surface area contributed by atoms with Gasteiger partial charge in [-0.1, -0.05) is 39.0 Å². The van der Waals surface area contributed by atoms with E-state index in [2.05, 4.69) is 26.0 Å². The minimum Gasteiger partial charge on any atom is -0.457 e. The molecular formula is C19H23NO3. The third-order valence-corrected chi connectivity index (χ3v) is 5.01. The zero-order valence-corrected chi connectivity index (χ0v) is 14.1. The van der Waals surface area contributed by atoms with Crippen molar-refractivity contribution in [3.63, 3.8) is 0 Å². The molecule has 23 heavy (non-hydrogen) atoms. The van der Waals surface area contributed by atoms with Gasteiger partial charge in [0.2, 0.25) is 0 Å². The average Bonchev–Trinajstić information content (AvgIpc) is 3.22. The topological polar surface area (TPSA) is 46.6 Å². The van der Waals surface area contributed by atoms with E-state index in [4.69, 9.17) is 4.74 Å². The molecule has 0 N–H and O–H groups in total. The molecule has 1 aliphatic heterocycles. The van der Waals surface area contributed by atoms with Crippen LogP contribution in [-0.2, 0) is 19.7 Å². The van der Waals surface area contributed by atoms with E-state index < -0.39 is 0 Å². The maximum Gasteiger partial charge on any atom is 0.309 e. The van der Waals surface area contributed by atoms with Crippen molar-refractivity contribution in [1.29, 1.82) is 0 Å². The highest BCUT2D eigenvalue weighted by Crippen LogP contribution is 2.46. The van der Waals surface area contributed by atoms with Crippen molar-refractivity contribution >= 4 is 17.4 Å². The van der Waals surface area contributed by atoms with Gasteiger partial charge in [-0.25, -0.2) is 0 Å². The summed E-state index contributed by atoms with van der Waals surface area (Å²) in [5.74, 6) is -0.0309. The highest BCUT2D eigenvalue weighted by molar-refractivity contribution is 5.94. The summed E-state index contributed by atoms with van der Waals surface area (Å²) in [4.78, 5) is 26.0. The monoisotopic (exact) mass is 313 g/mol. The first-order valence-electron chi connectivity index (χ1n) is 8.07. The number of benzene rings is 1. The third kappa shape index (κ3) is 2.78. The Bertz CT molecular complexity index is 690. The Morgan fingerprint density at radius 2 is 2.00 bits per heavy atom. The van der Waals surface area contributed by atoms with Crippen LogP contribution in [0.2, 0.25) is 0 Å². The summed E-state index contributed by atoms with van der Waals surface area (Å²) < 4.78 is 5.14. The number of para-hydroxylation sites is 1. The summed E-state index contributed by atoms with van der Waals surface area (Å²) in [5, 5.41) is 0. The van der Waals surface area contributed by atoms with Crippen LogP contribution in [0.25, 0.3) is 0 Å². The van der Waals surface area contributed by atoms with Gasteiger partial charge >= 0.3 is 5.97 Å². The number of fused-ring (bicyclic) bond motifs is 1. The number of rotatable bonds is 4. The lowest BCUT2D eigenvalue weighted by Crippen LogP contribution is -2.25. The van der Waals surface area contributed by atoms with Gasteiger partial charge in [0.25, 0.3) is 0 Å². The molecule has 3 rings (SSSR count). The van der Waals surface area contributed by atoms with Crippen molar-refractivity contribution in [3.8, 4) is 0 Å². The summed E-state index contributed by atoms with van der Waals surface area (Å²) in [6, 6.07) is 8.15. The molecule has 1 saturated carbocycles. The molecule has 4 heteroatoms. The minimum absolute atomic E-state index is 0.00898. The Hall–Kier alpha value is -2.10. The van der Waals surface area contributed by atoms with Crippen molar-refractivity contribution in [2.75, 3.05) is 18.6 Å².